The van der Waals surface area contributed by atoms with Crippen molar-refractivity contribution in [2.45, 2.75) is 0 Å². The van der Waals surface area contributed by atoms with Crippen LogP contribution in [0.15, 0.2) is 66.0 Å². The summed E-state index contributed by atoms with van der Waals surface area (Å²) in [5.74, 6) is 0. The van der Waals surface area contributed by atoms with E-state index in [1.165, 1.54) is 4.57 Å². The smallest absolute Gasteiger partial charge is 0.247 e. The fourth-order valence-corrected chi connectivity index (χ4v) is 1.96. The molecule has 0 spiro atoms. The zero-order valence-corrected chi connectivity index (χ0v) is 10.6. The third-order valence-electron chi connectivity index (χ3n) is 2.93. The minimum Gasteiger partial charge on any atom is -0.283 e. The molecule has 0 aromatic carbocycles. The Morgan fingerprint density at radius 3 is 2.70 bits per heavy atom. The van der Waals surface area contributed by atoms with Crippen LogP contribution in [0.5, 0.6) is 0 Å². The maximum Gasteiger partial charge on any atom is 0.247 e. The maximum atomic E-state index is 12.1. The van der Waals surface area contributed by atoms with Crippen molar-refractivity contribution >= 4 is 13.3 Å². The molecule has 2 radical (unpaired) electrons. The lowest BCUT2D eigenvalue weighted by atomic mass is 9.95. The van der Waals surface area contributed by atoms with E-state index in [4.69, 9.17) is 7.85 Å². The van der Waals surface area contributed by atoms with Gasteiger partial charge in [-0.3, -0.25) is 19.3 Å². The van der Waals surface area contributed by atoms with Crippen LogP contribution in [0.2, 0.25) is 0 Å². The van der Waals surface area contributed by atoms with Gasteiger partial charge in [-0.05, 0) is 29.7 Å². The number of rotatable bonds is 2. The molecule has 0 saturated heterocycles. The molecule has 3 aromatic heterocycles. The van der Waals surface area contributed by atoms with E-state index in [1.54, 1.807) is 43.0 Å². The normalized spacial score (nSPS) is 10.4. The van der Waals surface area contributed by atoms with E-state index in [1.807, 2.05) is 18.2 Å². The molecule has 0 unspecified atom stereocenters. The zero-order valence-electron chi connectivity index (χ0n) is 10.6. The summed E-state index contributed by atoms with van der Waals surface area (Å²) in [6, 6.07) is 10.8. The highest BCUT2D eigenvalue weighted by Crippen LogP contribution is 2.14. The van der Waals surface area contributed by atoms with Crippen molar-refractivity contribution in [3.63, 3.8) is 0 Å². The maximum absolute atomic E-state index is 12.1. The highest BCUT2D eigenvalue weighted by molar-refractivity contribution is 6.32. The molecule has 0 N–H and O–H groups in total. The molecule has 0 amide bonds. The van der Waals surface area contributed by atoms with E-state index in [2.05, 4.69) is 9.97 Å². The monoisotopic (exact) mass is 259 g/mol. The lowest BCUT2D eigenvalue weighted by Gasteiger charge is -2.09. The molecule has 0 fully saturated rings. The number of aromatic nitrogens is 3. The predicted molar refractivity (Wildman–Crippen MR) is 78.5 cm³/mol. The van der Waals surface area contributed by atoms with Crippen molar-refractivity contribution in [2.75, 3.05) is 0 Å². The molecule has 0 aliphatic rings. The molecule has 5 heteroatoms. The van der Waals surface area contributed by atoms with Crippen molar-refractivity contribution in [1.82, 2.24) is 14.5 Å². The lowest BCUT2D eigenvalue weighted by Crippen LogP contribution is -2.33. The predicted octanol–water partition coefficient (Wildman–Crippen LogP) is 1.09. The van der Waals surface area contributed by atoms with Crippen molar-refractivity contribution in [2.24, 2.45) is 0 Å². The first kappa shape index (κ1) is 12.4. The van der Waals surface area contributed by atoms with Gasteiger partial charge in [-0.25, -0.2) is 0 Å². The van der Waals surface area contributed by atoms with Gasteiger partial charge in [0.2, 0.25) is 5.56 Å². The summed E-state index contributed by atoms with van der Waals surface area (Å²) in [4.78, 5) is 20.4. The second-order valence-electron chi connectivity index (χ2n) is 4.29. The number of nitrogens with zero attached hydrogens (tertiary/aromatic N) is 3. The van der Waals surface area contributed by atoms with E-state index in [0.29, 0.717) is 5.69 Å². The first-order valence-electron chi connectivity index (χ1n) is 6.10. The van der Waals surface area contributed by atoms with Crippen LogP contribution in [-0.2, 0) is 0 Å². The molecule has 4 nitrogen and oxygen atoms in total. The van der Waals surface area contributed by atoms with Gasteiger partial charge >= 0.3 is 0 Å². The SMILES string of the molecule is [B]c1cc(-c2ccccn2)cn(-c2cccnc2)c1=O. The second kappa shape index (κ2) is 5.13. The van der Waals surface area contributed by atoms with Crippen LogP contribution in [0, 0.1) is 0 Å². The minimum atomic E-state index is -0.266. The lowest BCUT2D eigenvalue weighted by molar-refractivity contribution is 0.988. The molecule has 3 aromatic rings. The largest absolute Gasteiger partial charge is 0.283 e. The summed E-state index contributed by atoms with van der Waals surface area (Å²) in [6.45, 7) is 0. The standard InChI is InChI=1S/C15H10BN3O/c16-13-8-11(14-5-1-2-7-18-14)10-19(15(13)20)12-4-3-6-17-9-12/h1-10H. The number of hydrogen-bond donors (Lipinski definition) is 0. The van der Waals surface area contributed by atoms with Gasteiger partial charge in [0.25, 0.3) is 0 Å². The molecule has 20 heavy (non-hydrogen) atoms. The van der Waals surface area contributed by atoms with E-state index < -0.39 is 0 Å². The fraction of sp³-hybridized carbons (Fsp3) is 0. The number of hydrogen-bond acceptors (Lipinski definition) is 3. The van der Waals surface area contributed by atoms with Gasteiger partial charge in [0, 0.05) is 24.2 Å². The van der Waals surface area contributed by atoms with Gasteiger partial charge < -0.3 is 0 Å². The summed E-state index contributed by atoms with van der Waals surface area (Å²) in [5.41, 5.74) is 2.13. The molecule has 0 aliphatic heterocycles. The molecular weight excluding hydrogens is 249 g/mol. The average molecular weight is 259 g/mol. The van der Waals surface area contributed by atoms with Gasteiger partial charge in [-0.15, -0.1) is 0 Å². The minimum absolute atomic E-state index is 0.178. The van der Waals surface area contributed by atoms with Gasteiger partial charge in [0.05, 0.1) is 17.6 Å². The molecule has 0 saturated carbocycles. The van der Waals surface area contributed by atoms with Crippen LogP contribution in [0.25, 0.3) is 16.9 Å². The van der Waals surface area contributed by atoms with Crippen molar-refractivity contribution in [3.8, 4) is 16.9 Å². The summed E-state index contributed by atoms with van der Waals surface area (Å²) < 4.78 is 1.48. The topological polar surface area (TPSA) is 47.8 Å². The van der Waals surface area contributed by atoms with Gasteiger partial charge in [-0.1, -0.05) is 12.1 Å². The van der Waals surface area contributed by atoms with Crippen LogP contribution in [0.1, 0.15) is 0 Å². The van der Waals surface area contributed by atoms with Gasteiger partial charge in [0.1, 0.15) is 7.85 Å². The molecule has 0 atom stereocenters. The Bertz CT molecular complexity index is 785. The van der Waals surface area contributed by atoms with Crippen LogP contribution >= 0.6 is 0 Å². The average Bonchev–Trinajstić information content (AvgIpc) is 2.51. The van der Waals surface area contributed by atoms with Gasteiger partial charge in [-0.2, -0.15) is 0 Å². The van der Waals surface area contributed by atoms with Crippen molar-refractivity contribution in [1.29, 1.82) is 0 Å². The van der Waals surface area contributed by atoms with E-state index in [0.717, 1.165) is 11.3 Å². The third-order valence-corrected chi connectivity index (χ3v) is 2.93. The summed E-state index contributed by atoms with van der Waals surface area (Å²) in [5, 5.41) is 0. The Hall–Kier alpha value is -2.69. The fourth-order valence-electron chi connectivity index (χ4n) is 1.96. The van der Waals surface area contributed by atoms with Crippen LogP contribution in [-0.4, -0.2) is 22.4 Å². The van der Waals surface area contributed by atoms with E-state index in [-0.39, 0.29) is 11.0 Å². The molecule has 0 bridgehead atoms. The molecule has 3 rings (SSSR count). The Morgan fingerprint density at radius 2 is 2.00 bits per heavy atom. The Balaban J connectivity index is 2.22. The van der Waals surface area contributed by atoms with Crippen LogP contribution in [0.3, 0.4) is 0 Å². The Kier molecular flexibility index (Phi) is 3.17. The summed E-state index contributed by atoms with van der Waals surface area (Å²) in [7, 11) is 5.81. The van der Waals surface area contributed by atoms with Crippen molar-refractivity contribution < 1.29 is 0 Å². The molecule has 0 aliphatic carbocycles. The van der Waals surface area contributed by atoms with Crippen molar-refractivity contribution in [3.05, 3.63) is 71.5 Å². The van der Waals surface area contributed by atoms with Crippen LogP contribution in [0.4, 0.5) is 0 Å². The molecule has 3 heterocycles. The summed E-state index contributed by atoms with van der Waals surface area (Å²) in [6.07, 6.45) is 6.69. The molecular formula is C15H10BN3O. The number of pyridine rings is 3. The Morgan fingerprint density at radius 1 is 1.10 bits per heavy atom. The highest BCUT2D eigenvalue weighted by atomic mass is 16.1. The first-order valence-corrected chi connectivity index (χ1v) is 6.10. The third kappa shape index (κ3) is 2.25. The van der Waals surface area contributed by atoms with Gasteiger partial charge in [0.15, 0.2) is 0 Å². The Labute approximate surface area is 117 Å². The zero-order chi connectivity index (χ0) is 13.9. The summed E-state index contributed by atoms with van der Waals surface area (Å²) >= 11 is 0. The van der Waals surface area contributed by atoms with Crippen LogP contribution < -0.4 is 11.0 Å². The first-order chi connectivity index (χ1) is 9.75. The quantitative estimate of drug-likeness (QED) is 0.647. The van der Waals surface area contributed by atoms with E-state index >= 15 is 0 Å². The second-order valence-corrected chi connectivity index (χ2v) is 4.29. The van der Waals surface area contributed by atoms with E-state index in [9.17, 15) is 4.79 Å². The molecule has 94 valence electrons. The highest BCUT2D eigenvalue weighted by Gasteiger charge is 2.07.